The molecule has 68 valence electrons. The Labute approximate surface area is 74.5 Å². The fourth-order valence-electron chi connectivity index (χ4n) is 1.28. The maximum Gasteiger partial charge on any atom is 0.115 e. The van der Waals surface area contributed by atoms with Gasteiger partial charge in [-0.3, -0.25) is 0 Å². The van der Waals surface area contributed by atoms with Crippen molar-refractivity contribution in [2.45, 2.75) is 26.7 Å². The Bertz CT molecular complexity index is 206. The number of allylic oxidation sites excluding steroid dienone is 2. The van der Waals surface area contributed by atoms with Gasteiger partial charge < -0.3 is 4.84 Å². The van der Waals surface area contributed by atoms with Crippen LogP contribution in [0.25, 0.3) is 0 Å². The highest BCUT2D eigenvalue weighted by atomic mass is 16.7. The average Bonchev–Trinajstić information content (AvgIpc) is 2.00. The SMILES string of the molecule is C=C1N(C)O/C=C\CCC1(C)C. The Kier molecular flexibility index (Phi) is 2.46. The molecule has 0 aromatic carbocycles. The number of nitrogens with zero attached hydrogens (tertiary/aromatic N) is 1. The van der Waals surface area contributed by atoms with E-state index in [1.54, 1.807) is 11.3 Å². The third-order valence-electron chi connectivity index (χ3n) is 2.41. The molecule has 0 aliphatic carbocycles. The summed E-state index contributed by atoms with van der Waals surface area (Å²) < 4.78 is 0. The van der Waals surface area contributed by atoms with Crippen molar-refractivity contribution in [1.29, 1.82) is 0 Å². The number of hydroxylamine groups is 2. The van der Waals surface area contributed by atoms with Gasteiger partial charge in [-0.25, -0.2) is 5.06 Å². The zero-order valence-corrected chi connectivity index (χ0v) is 8.13. The molecule has 0 amide bonds. The average molecular weight is 167 g/mol. The highest BCUT2D eigenvalue weighted by Gasteiger charge is 2.25. The first-order valence-corrected chi connectivity index (χ1v) is 4.29. The molecule has 12 heavy (non-hydrogen) atoms. The molecule has 0 radical (unpaired) electrons. The van der Waals surface area contributed by atoms with Crippen molar-refractivity contribution in [2.24, 2.45) is 5.41 Å². The summed E-state index contributed by atoms with van der Waals surface area (Å²) >= 11 is 0. The Balaban J connectivity index is 2.79. The van der Waals surface area contributed by atoms with Crippen LogP contribution in [-0.2, 0) is 4.84 Å². The highest BCUT2D eigenvalue weighted by molar-refractivity contribution is 5.05. The molecule has 1 aliphatic heterocycles. The minimum Gasteiger partial charge on any atom is -0.388 e. The molecular formula is C10H17NO. The second-order valence-corrected chi connectivity index (χ2v) is 3.84. The van der Waals surface area contributed by atoms with Gasteiger partial charge >= 0.3 is 0 Å². The maximum atomic E-state index is 5.28. The number of rotatable bonds is 0. The number of hydrogen-bond acceptors (Lipinski definition) is 2. The van der Waals surface area contributed by atoms with Crippen molar-refractivity contribution in [3.05, 3.63) is 24.6 Å². The molecule has 0 spiro atoms. The van der Waals surface area contributed by atoms with E-state index in [1.807, 2.05) is 13.1 Å². The van der Waals surface area contributed by atoms with Crippen LogP contribution in [0.3, 0.4) is 0 Å². The summed E-state index contributed by atoms with van der Waals surface area (Å²) in [6.45, 7) is 8.39. The largest absolute Gasteiger partial charge is 0.388 e. The van der Waals surface area contributed by atoms with E-state index in [0.29, 0.717) is 0 Å². The number of hydrogen-bond donors (Lipinski definition) is 0. The predicted octanol–water partition coefficient (Wildman–Crippen LogP) is 2.70. The van der Waals surface area contributed by atoms with Gasteiger partial charge in [0.05, 0.1) is 5.70 Å². The van der Waals surface area contributed by atoms with Crippen molar-refractivity contribution in [3.8, 4) is 0 Å². The molecular weight excluding hydrogens is 150 g/mol. The second kappa shape index (κ2) is 3.21. The molecule has 0 atom stereocenters. The zero-order chi connectivity index (χ0) is 9.19. The van der Waals surface area contributed by atoms with Gasteiger partial charge in [0, 0.05) is 12.5 Å². The van der Waals surface area contributed by atoms with E-state index < -0.39 is 0 Å². The van der Waals surface area contributed by atoms with Gasteiger partial charge in [0.1, 0.15) is 6.26 Å². The van der Waals surface area contributed by atoms with Crippen LogP contribution in [0.2, 0.25) is 0 Å². The Hall–Kier alpha value is -0.920. The lowest BCUT2D eigenvalue weighted by atomic mass is 9.84. The van der Waals surface area contributed by atoms with Crippen LogP contribution in [0.15, 0.2) is 24.6 Å². The first kappa shape index (κ1) is 9.17. The zero-order valence-electron chi connectivity index (χ0n) is 8.13. The van der Waals surface area contributed by atoms with Crippen LogP contribution in [0.1, 0.15) is 26.7 Å². The molecule has 0 fully saturated rings. The summed E-state index contributed by atoms with van der Waals surface area (Å²) in [6, 6.07) is 0. The summed E-state index contributed by atoms with van der Waals surface area (Å²) in [7, 11) is 1.89. The van der Waals surface area contributed by atoms with E-state index in [4.69, 9.17) is 4.84 Å². The van der Waals surface area contributed by atoms with Crippen LogP contribution < -0.4 is 0 Å². The molecule has 2 nitrogen and oxygen atoms in total. The van der Waals surface area contributed by atoms with Crippen LogP contribution in [0, 0.1) is 5.41 Å². The molecule has 0 saturated heterocycles. The van der Waals surface area contributed by atoms with Crippen molar-refractivity contribution < 1.29 is 4.84 Å². The van der Waals surface area contributed by atoms with Crippen LogP contribution in [-0.4, -0.2) is 12.1 Å². The summed E-state index contributed by atoms with van der Waals surface area (Å²) in [5.74, 6) is 0. The quantitative estimate of drug-likeness (QED) is 0.550. The minimum atomic E-state index is 0.138. The van der Waals surface area contributed by atoms with Crippen molar-refractivity contribution in [3.63, 3.8) is 0 Å². The fraction of sp³-hybridized carbons (Fsp3) is 0.600. The van der Waals surface area contributed by atoms with E-state index in [1.165, 1.54) is 0 Å². The van der Waals surface area contributed by atoms with Gasteiger partial charge in [-0.15, -0.1) is 0 Å². The topological polar surface area (TPSA) is 12.5 Å². The monoisotopic (exact) mass is 167 g/mol. The lowest BCUT2D eigenvalue weighted by molar-refractivity contribution is -0.0657. The van der Waals surface area contributed by atoms with Crippen molar-refractivity contribution in [2.75, 3.05) is 7.05 Å². The fourth-order valence-corrected chi connectivity index (χ4v) is 1.28. The third kappa shape index (κ3) is 1.81. The molecule has 0 unspecified atom stereocenters. The molecule has 1 aliphatic rings. The Morgan fingerprint density at radius 3 is 2.92 bits per heavy atom. The van der Waals surface area contributed by atoms with Crippen LogP contribution >= 0.6 is 0 Å². The van der Waals surface area contributed by atoms with Gasteiger partial charge in [0.25, 0.3) is 0 Å². The second-order valence-electron chi connectivity index (χ2n) is 3.84. The summed E-state index contributed by atoms with van der Waals surface area (Å²) in [4.78, 5) is 5.28. The lowest BCUT2D eigenvalue weighted by Gasteiger charge is -2.33. The molecule has 0 aromatic heterocycles. The lowest BCUT2D eigenvalue weighted by Crippen LogP contribution is -2.28. The molecule has 2 heteroatoms. The smallest absolute Gasteiger partial charge is 0.115 e. The van der Waals surface area contributed by atoms with Gasteiger partial charge in [0.2, 0.25) is 0 Å². The van der Waals surface area contributed by atoms with Crippen molar-refractivity contribution >= 4 is 0 Å². The van der Waals surface area contributed by atoms with E-state index in [-0.39, 0.29) is 5.41 Å². The first-order valence-electron chi connectivity index (χ1n) is 4.29. The van der Waals surface area contributed by atoms with E-state index in [9.17, 15) is 0 Å². The van der Waals surface area contributed by atoms with Gasteiger partial charge in [-0.2, -0.15) is 0 Å². The van der Waals surface area contributed by atoms with E-state index >= 15 is 0 Å². The minimum absolute atomic E-state index is 0.138. The summed E-state index contributed by atoms with van der Waals surface area (Å²) in [6.07, 6.45) is 5.95. The van der Waals surface area contributed by atoms with Gasteiger partial charge in [-0.05, 0) is 18.9 Å². The normalized spacial score (nSPS) is 25.6. The molecule has 1 heterocycles. The Morgan fingerprint density at radius 1 is 1.58 bits per heavy atom. The van der Waals surface area contributed by atoms with Crippen LogP contribution in [0.4, 0.5) is 0 Å². The maximum absolute atomic E-state index is 5.28. The van der Waals surface area contributed by atoms with Crippen molar-refractivity contribution in [1.82, 2.24) is 5.06 Å². The molecule has 1 rings (SSSR count). The molecule has 0 N–H and O–H groups in total. The van der Waals surface area contributed by atoms with Gasteiger partial charge in [-0.1, -0.05) is 20.4 Å². The van der Waals surface area contributed by atoms with Gasteiger partial charge in [0.15, 0.2) is 0 Å². The molecule has 0 bridgehead atoms. The molecule has 0 aromatic rings. The third-order valence-corrected chi connectivity index (χ3v) is 2.41. The van der Waals surface area contributed by atoms with Crippen LogP contribution in [0.5, 0.6) is 0 Å². The highest BCUT2D eigenvalue weighted by Crippen LogP contribution is 2.33. The van der Waals surface area contributed by atoms with E-state index in [0.717, 1.165) is 18.5 Å². The summed E-state index contributed by atoms with van der Waals surface area (Å²) in [5, 5.41) is 1.73. The van der Waals surface area contributed by atoms with E-state index in [2.05, 4.69) is 20.4 Å². The first-order chi connectivity index (χ1) is 5.54. The summed E-state index contributed by atoms with van der Waals surface area (Å²) in [5.41, 5.74) is 1.17. The standard InChI is InChI=1S/C10H17NO/c1-9-10(2,3)7-5-6-8-12-11(9)4/h6,8H,1,5,7H2,2-4H3/b8-6-. The molecule has 0 saturated carbocycles. The Morgan fingerprint density at radius 2 is 2.25 bits per heavy atom. The predicted molar refractivity (Wildman–Crippen MR) is 50.1 cm³/mol.